The van der Waals surface area contributed by atoms with E-state index in [1.807, 2.05) is 6.92 Å². The minimum Gasteiger partial charge on any atom is -0.411 e. The quantitative estimate of drug-likeness (QED) is 0.516. The Bertz CT molecular complexity index is 260. The Morgan fingerprint density at radius 1 is 1.41 bits per heavy atom. The van der Waals surface area contributed by atoms with E-state index in [0.29, 0.717) is 0 Å². The number of oxime groups is 1. The van der Waals surface area contributed by atoms with Gasteiger partial charge in [0.05, 0.1) is 17.4 Å². The molecule has 0 aromatic carbocycles. The van der Waals surface area contributed by atoms with Gasteiger partial charge in [0, 0.05) is 33.7 Å². The molecule has 5 nitrogen and oxygen atoms in total. The summed E-state index contributed by atoms with van der Waals surface area (Å²) >= 11 is 0. The predicted octanol–water partition coefficient (Wildman–Crippen LogP) is 1.35. The smallest absolute Gasteiger partial charge is 0.0969 e. The number of hydrogen-bond donors (Lipinski definition) is 1. The van der Waals surface area contributed by atoms with Gasteiger partial charge in [0.25, 0.3) is 0 Å². The van der Waals surface area contributed by atoms with Gasteiger partial charge in [-0.3, -0.25) is 0 Å². The third-order valence-corrected chi connectivity index (χ3v) is 3.43. The number of likely N-dealkylation sites (tertiary alicyclic amines) is 1. The monoisotopic (exact) mass is 244 g/mol. The van der Waals surface area contributed by atoms with Crippen LogP contribution in [-0.4, -0.2) is 61.9 Å². The van der Waals surface area contributed by atoms with Crippen LogP contribution in [0.1, 0.15) is 26.2 Å². The molecule has 0 aliphatic carbocycles. The van der Waals surface area contributed by atoms with Gasteiger partial charge in [-0.2, -0.15) is 0 Å². The van der Waals surface area contributed by atoms with E-state index in [-0.39, 0.29) is 11.7 Å². The highest BCUT2D eigenvalue weighted by atomic mass is 16.5. The fraction of sp³-hybridized carbons (Fsp3) is 0.917. The maximum Gasteiger partial charge on any atom is 0.0969 e. The summed E-state index contributed by atoms with van der Waals surface area (Å²) in [5, 5.41) is 12.1. The summed E-state index contributed by atoms with van der Waals surface area (Å²) in [6.45, 7) is 4.11. The van der Waals surface area contributed by atoms with Crippen LogP contribution < -0.4 is 0 Å². The van der Waals surface area contributed by atoms with E-state index in [4.69, 9.17) is 9.94 Å². The second-order valence-corrected chi connectivity index (χ2v) is 4.92. The first-order chi connectivity index (χ1) is 8.06. The molecule has 0 radical (unpaired) electrons. The normalized spacial score (nSPS) is 30.4. The topological polar surface area (TPSA) is 54.3 Å². The van der Waals surface area contributed by atoms with Crippen LogP contribution in [0.2, 0.25) is 0 Å². The Labute approximate surface area is 103 Å². The van der Waals surface area contributed by atoms with E-state index >= 15 is 0 Å². The lowest BCUT2D eigenvalue weighted by Crippen LogP contribution is -2.42. The van der Waals surface area contributed by atoms with Gasteiger partial charge < -0.3 is 19.6 Å². The first-order valence-electron chi connectivity index (χ1n) is 6.04. The summed E-state index contributed by atoms with van der Waals surface area (Å²) in [5.41, 5.74) is 0.766. The molecular formula is C12H24N2O3. The fourth-order valence-corrected chi connectivity index (χ4v) is 2.40. The standard InChI is InChI=1S/C10H18N2O2.C2H6O/c1-8-9(11-13)7-10(14-8)3-5-12(2)6-4-10;1-3-2/h8,13H,3-7H2,1-2H3;1-2H3/b11-9+;. The minimum absolute atomic E-state index is 0.0107. The molecule has 2 aliphatic heterocycles. The van der Waals surface area contributed by atoms with Crippen LogP contribution in [0.3, 0.4) is 0 Å². The summed E-state index contributed by atoms with van der Waals surface area (Å²) in [5.74, 6) is 0. The van der Waals surface area contributed by atoms with E-state index < -0.39 is 0 Å². The predicted molar refractivity (Wildman–Crippen MR) is 66.8 cm³/mol. The summed E-state index contributed by atoms with van der Waals surface area (Å²) < 4.78 is 10.2. The summed E-state index contributed by atoms with van der Waals surface area (Å²) in [6.07, 6.45) is 2.89. The molecule has 0 bridgehead atoms. The molecular weight excluding hydrogens is 220 g/mol. The molecule has 2 aliphatic rings. The van der Waals surface area contributed by atoms with E-state index in [2.05, 4.69) is 21.8 Å². The Morgan fingerprint density at radius 3 is 2.35 bits per heavy atom. The van der Waals surface area contributed by atoms with Gasteiger partial charge in [-0.1, -0.05) is 5.16 Å². The lowest BCUT2D eigenvalue weighted by Gasteiger charge is -2.36. The molecule has 0 aromatic rings. The molecule has 17 heavy (non-hydrogen) atoms. The largest absolute Gasteiger partial charge is 0.411 e. The molecule has 100 valence electrons. The number of piperidine rings is 1. The molecule has 1 spiro atoms. The van der Waals surface area contributed by atoms with Crippen molar-refractivity contribution in [2.75, 3.05) is 34.4 Å². The lowest BCUT2D eigenvalue weighted by atomic mass is 9.88. The van der Waals surface area contributed by atoms with E-state index in [1.165, 1.54) is 0 Å². The second-order valence-electron chi connectivity index (χ2n) is 4.92. The average molecular weight is 244 g/mol. The van der Waals surface area contributed by atoms with Gasteiger partial charge in [-0.15, -0.1) is 0 Å². The number of rotatable bonds is 0. The average Bonchev–Trinajstić information content (AvgIpc) is 2.61. The van der Waals surface area contributed by atoms with Gasteiger partial charge in [-0.05, 0) is 26.8 Å². The zero-order valence-corrected chi connectivity index (χ0v) is 11.3. The highest BCUT2D eigenvalue weighted by molar-refractivity contribution is 5.90. The van der Waals surface area contributed by atoms with Crippen molar-refractivity contribution in [3.8, 4) is 0 Å². The molecule has 2 saturated heterocycles. The second kappa shape index (κ2) is 6.33. The highest BCUT2D eigenvalue weighted by Crippen LogP contribution is 2.37. The summed E-state index contributed by atoms with van der Waals surface area (Å²) in [6, 6.07) is 0. The van der Waals surface area contributed by atoms with Crippen LogP contribution in [-0.2, 0) is 9.47 Å². The number of nitrogens with zero attached hydrogens (tertiary/aromatic N) is 2. The fourth-order valence-electron chi connectivity index (χ4n) is 2.40. The van der Waals surface area contributed by atoms with Crippen LogP contribution in [0, 0.1) is 0 Å². The van der Waals surface area contributed by atoms with E-state index in [1.54, 1.807) is 14.2 Å². The van der Waals surface area contributed by atoms with Crippen molar-refractivity contribution in [3.63, 3.8) is 0 Å². The first kappa shape index (κ1) is 14.4. The van der Waals surface area contributed by atoms with Crippen molar-refractivity contribution in [2.45, 2.75) is 37.9 Å². The SMILES string of the molecule is CC1OC2(CCN(C)CC2)C/C1=N\O.COC. The molecule has 1 N–H and O–H groups in total. The Balaban J connectivity index is 0.000000437. The van der Waals surface area contributed by atoms with Gasteiger partial charge in [0.1, 0.15) is 0 Å². The highest BCUT2D eigenvalue weighted by Gasteiger charge is 2.44. The molecule has 0 amide bonds. The molecule has 5 heteroatoms. The van der Waals surface area contributed by atoms with Crippen molar-refractivity contribution in [3.05, 3.63) is 0 Å². The van der Waals surface area contributed by atoms with Gasteiger partial charge in [0.2, 0.25) is 0 Å². The number of methoxy groups -OCH3 is 1. The molecule has 2 heterocycles. The van der Waals surface area contributed by atoms with Crippen molar-refractivity contribution < 1.29 is 14.7 Å². The number of hydrogen-bond acceptors (Lipinski definition) is 5. The molecule has 0 aromatic heterocycles. The van der Waals surface area contributed by atoms with Crippen LogP contribution in [0.5, 0.6) is 0 Å². The van der Waals surface area contributed by atoms with Gasteiger partial charge in [0.15, 0.2) is 0 Å². The van der Waals surface area contributed by atoms with Crippen LogP contribution in [0.15, 0.2) is 5.16 Å². The van der Waals surface area contributed by atoms with Gasteiger partial charge in [-0.25, -0.2) is 0 Å². The van der Waals surface area contributed by atoms with E-state index in [0.717, 1.165) is 38.1 Å². The third kappa shape index (κ3) is 3.66. The minimum atomic E-state index is -0.0342. The van der Waals surface area contributed by atoms with Crippen LogP contribution in [0.25, 0.3) is 0 Å². The Kier molecular flexibility index (Phi) is 5.36. The third-order valence-electron chi connectivity index (χ3n) is 3.43. The zero-order valence-electron chi connectivity index (χ0n) is 11.3. The van der Waals surface area contributed by atoms with E-state index in [9.17, 15) is 0 Å². The summed E-state index contributed by atoms with van der Waals surface area (Å²) in [7, 11) is 5.38. The van der Waals surface area contributed by atoms with Crippen LogP contribution >= 0.6 is 0 Å². The molecule has 0 saturated carbocycles. The Morgan fingerprint density at radius 2 is 1.94 bits per heavy atom. The molecule has 2 fully saturated rings. The van der Waals surface area contributed by atoms with Crippen molar-refractivity contribution in [2.24, 2.45) is 5.16 Å². The summed E-state index contributed by atoms with van der Waals surface area (Å²) in [4.78, 5) is 2.31. The first-order valence-corrected chi connectivity index (χ1v) is 6.04. The van der Waals surface area contributed by atoms with Crippen molar-refractivity contribution in [1.82, 2.24) is 4.90 Å². The van der Waals surface area contributed by atoms with Crippen molar-refractivity contribution >= 4 is 5.71 Å². The molecule has 1 unspecified atom stereocenters. The maximum absolute atomic E-state index is 8.80. The van der Waals surface area contributed by atoms with Gasteiger partial charge >= 0.3 is 0 Å². The van der Waals surface area contributed by atoms with Crippen LogP contribution in [0.4, 0.5) is 0 Å². The maximum atomic E-state index is 8.80. The molecule has 2 rings (SSSR count). The van der Waals surface area contributed by atoms with Crippen molar-refractivity contribution in [1.29, 1.82) is 0 Å². The lowest BCUT2D eigenvalue weighted by molar-refractivity contribution is -0.0657. The Hall–Kier alpha value is -0.650. The zero-order chi connectivity index (χ0) is 12.9. The number of ether oxygens (including phenoxy) is 2. The molecule has 1 atom stereocenters.